The van der Waals surface area contributed by atoms with E-state index in [1.807, 2.05) is 38.1 Å². The second kappa shape index (κ2) is 19.7. The van der Waals surface area contributed by atoms with Gasteiger partial charge >= 0.3 is 12.2 Å². The van der Waals surface area contributed by atoms with Gasteiger partial charge in [0.1, 0.15) is 36.1 Å². The quantitative estimate of drug-likeness (QED) is 0.0920. The van der Waals surface area contributed by atoms with Crippen LogP contribution in [0.5, 0.6) is 5.75 Å². The number of carbonyl (C=O) groups excluding carboxylic acids is 4. The second-order valence-corrected chi connectivity index (χ2v) is 16.6. The summed E-state index contributed by atoms with van der Waals surface area (Å²) in [5, 5.41) is 7.21. The molecule has 2 aliphatic heterocycles. The predicted molar refractivity (Wildman–Crippen MR) is 237 cm³/mol. The molecule has 5 aromatic rings. The van der Waals surface area contributed by atoms with Gasteiger partial charge in [-0.05, 0) is 85.9 Å². The van der Waals surface area contributed by atoms with E-state index in [4.69, 9.17) is 33.4 Å². The number of nitrogens with one attached hydrogen (secondary N) is 4. The van der Waals surface area contributed by atoms with Crippen LogP contribution in [-0.4, -0.2) is 133 Å². The number of imidazole rings is 2. The van der Waals surface area contributed by atoms with Crippen LogP contribution in [0.25, 0.3) is 44.2 Å². The van der Waals surface area contributed by atoms with E-state index < -0.39 is 36.5 Å². The number of nitrogens with zero attached hydrogens (tertiary/aromatic N) is 4. The fourth-order valence-electron chi connectivity index (χ4n) is 8.74. The Kier molecular flexibility index (Phi) is 14.1. The van der Waals surface area contributed by atoms with Crippen molar-refractivity contribution in [3.63, 3.8) is 0 Å². The molecule has 1 fully saturated rings. The summed E-state index contributed by atoms with van der Waals surface area (Å²) in [6, 6.07) is 12.0. The van der Waals surface area contributed by atoms with Gasteiger partial charge in [0.05, 0.1) is 68.5 Å². The van der Waals surface area contributed by atoms with Crippen LogP contribution in [0.15, 0.2) is 48.7 Å². The Morgan fingerprint density at radius 3 is 2.31 bits per heavy atom. The Morgan fingerprint density at radius 2 is 1.61 bits per heavy atom. The molecule has 0 spiro atoms. The van der Waals surface area contributed by atoms with Crippen molar-refractivity contribution in [2.24, 2.45) is 5.92 Å². The van der Waals surface area contributed by atoms with Crippen molar-refractivity contribution < 1.29 is 47.6 Å². The van der Waals surface area contributed by atoms with Crippen molar-refractivity contribution in [2.75, 3.05) is 48.7 Å². The van der Waals surface area contributed by atoms with Crippen LogP contribution in [0, 0.1) is 5.92 Å². The maximum Gasteiger partial charge on any atom is 0.407 e. The average molecular weight is 883 g/mol. The van der Waals surface area contributed by atoms with Gasteiger partial charge in [0, 0.05) is 44.9 Å². The minimum Gasteiger partial charge on any atom is -0.488 e. The lowest BCUT2D eigenvalue weighted by molar-refractivity contribution is -0.139. The third-order valence-electron chi connectivity index (χ3n) is 12.3. The average Bonchev–Trinajstić information content (AvgIpc) is 4.06. The largest absolute Gasteiger partial charge is 0.488 e. The topological polar surface area (TPSA) is 212 Å². The number of benzene rings is 3. The van der Waals surface area contributed by atoms with Crippen molar-refractivity contribution in [3.05, 3.63) is 65.9 Å². The predicted octanol–water partition coefficient (Wildman–Crippen LogP) is 5.85. The first-order valence-corrected chi connectivity index (χ1v) is 21.4. The van der Waals surface area contributed by atoms with Crippen molar-refractivity contribution in [1.29, 1.82) is 0 Å². The number of carbonyl (C=O) groups is 4. The molecule has 7 atom stereocenters. The van der Waals surface area contributed by atoms with E-state index in [2.05, 4.69) is 43.8 Å². The maximum absolute atomic E-state index is 14.1. The van der Waals surface area contributed by atoms with Crippen molar-refractivity contribution >= 4 is 45.8 Å². The first kappa shape index (κ1) is 45.8. The lowest BCUT2D eigenvalue weighted by Crippen LogP contribution is -2.55. The van der Waals surface area contributed by atoms with Gasteiger partial charge in [-0.2, -0.15) is 0 Å². The lowest BCUT2D eigenvalue weighted by Gasteiger charge is -2.33. The number of aromatic nitrogens is 4. The first-order chi connectivity index (χ1) is 30.8. The Hall–Kier alpha value is -6.24. The molecule has 1 saturated heterocycles. The smallest absolute Gasteiger partial charge is 0.407 e. The zero-order valence-electron chi connectivity index (χ0n) is 37.8. The summed E-state index contributed by atoms with van der Waals surface area (Å²) in [4.78, 5) is 72.4. The molecule has 2 aromatic heterocycles. The molecule has 0 bridgehead atoms. The number of H-pyrrole nitrogens is 2. The normalized spacial score (nSPS) is 18.0. The van der Waals surface area contributed by atoms with Gasteiger partial charge in [-0.3, -0.25) is 9.59 Å². The highest BCUT2D eigenvalue weighted by Gasteiger charge is 2.42. The van der Waals surface area contributed by atoms with E-state index in [0.717, 1.165) is 61.9 Å². The van der Waals surface area contributed by atoms with Gasteiger partial charge in [0.25, 0.3) is 0 Å². The third-order valence-corrected chi connectivity index (χ3v) is 12.3. The summed E-state index contributed by atoms with van der Waals surface area (Å²) in [6.07, 6.45) is 0.552. The summed E-state index contributed by atoms with van der Waals surface area (Å²) in [6.45, 7) is 8.71. The van der Waals surface area contributed by atoms with Crippen LogP contribution < -0.4 is 15.4 Å². The summed E-state index contributed by atoms with van der Waals surface area (Å²) < 4.78 is 32.3. The summed E-state index contributed by atoms with van der Waals surface area (Å²) >= 11 is 0. The molecule has 18 heteroatoms. The number of aromatic amines is 2. The van der Waals surface area contributed by atoms with Gasteiger partial charge in [-0.1, -0.05) is 25.1 Å². The van der Waals surface area contributed by atoms with E-state index >= 15 is 0 Å². The molecule has 0 aliphatic carbocycles. The Balaban J connectivity index is 1.13. The molecule has 4 N–H and O–H groups in total. The Morgan fingerprint density at radius 1 is 0.891 bits per heavy atom. The molecule has 4 amide bonds. The molecular formula is C46H58N8O10. The second-order valence-electron chi connectivity index (χ2n) is 16.6. The number of hydrogen-bond acceptors (Lipinski definition) is 12. The SMILES string of the molecule is COC[C@@H](C)CN(Cc1ncc(-c2ccc3c(c2)COc2cc4c(ccc5nc([C@@H]6CC[C@H](C)N6C(=O)[C@@H](NC(=O)OC)[C@@H](C)OC)[nH]c54)cc2-3)[nH]1)C(=O)[C@@H](NC(=O)OC)[C@@H](C)OC. The lowest BCUT2D eigenvalue weighted by atomic mass is 9.92. The number of hydrogen-bond donors (Lipinski definition) is 4. The van der Waals surface area contributed by atoms with Crippen LogP contribution in [0.3, 0.4) is 0 Å². The molecular weight excluding hydrogens is 825 g/mol. The number of amides is 4. The number of fused-ring (bicyclic) bond motifs is 6. The number of ether oxygens (including phenoxy) is 6. The Bertz CT molecular complexity index is 2500. The molecule has 18 nitrogen and oxygen atoms in total. The van der Waals surface area contributed by atoms with Gasteiger partial charge in [0.15, 0.2) is 0 Å². The van der Waals surface area contributed by atoms with Gasteiger partial charge in [-0.25, -0.2) is 19.6 Å². The van der Waals surface area contributed by atoms with E-state index in [-0.39, 0.29) is 36.4 Å². The van der Waals surface area contributed by atoms with E-state index in [1.54, 1.807) is 37.0 Å². The minimum atomic E-state index is -0.989. The number of alkyl carbamates (subject to hydrolysis) is 2. The molecule has 7 rings (SSSR count). The highest BCUT2D eigenvalue weighted by Crippen LogP contribution is 2.43. The molecule has 3 aromatic carbocycles. The van der Waals surface area contributed by atoms with E-state index in [9.17, 15) is 19.2 Å². The number of rotatable bonds is 16. The van der Waals surface area contributed by atoms with Gasteiger partial charge < -0.3 is 58.8 Å². The molecule has 4 heterocycles. The molecule has 2 aliphatic rings. The number of likely N-dealkylation sites (tertiary alicyclic amines) is 1. The number of methoxy groups -OCH3 is 5. The van der Waals surface area contributed by atoms with Crippen LogP contribution in [-0.2, 0) is 46.4 Å². The third kappa shape index (κ3) is 9.35. The van der Waals surface area contributed by atoms with Gasteiger partial charge in [-0.15, -0.1) is 0 Å². The van der Waals surface area contributed by atoms with Crippen LogP contribution in [0.4, 0.5) is 9.59 Å². The molecule has 0 unspecified atom stereocenters. The van der Waals surface area contributed by atoms with Crippen LogP contribution >= 0.6 is 0 Å². The fraction of sp³-hybridized carbons (Fsp3) is 0.478. The molecule has 342 valence electrons. The zero-order chi connectivity index (χ0) is 45.8. The molecule has 64 heavy (non-hydrogen) atoms. The van der Waals surface area contributed by atoms with E-state index in [1.165, 1.54) is 28.4 Å². The van der Waals surface area contributed by atoms with Crippen molar-refractivity contribution in [2.45, 2.75) is 90.1 Å². The standard InChI is InChI=1S/C46H58N8O10/c1-24(22-59-5)20-53(43(55)39(26(3)60-6)51-45(57)62-8)21-38-47-19-35(48-38)29-11-13-31-30(16-29)23-64-37-18-32-28(17-33(31)37)12-14-34-41(32)50-42(49-34)36-15-10-25(2)54(36)44(56)40(27(4)61-7)52-46(58)63-9/h11-14,16-19,24-27,36,39-40H,10,15,20-23H2,1-9H3,(H,47,48)(H,49,50)(H,51,57)(H,52,58)/t24-,25-,26+,27+,36-,39-,40-/m0/s1. The summed E-state index contributed by atoms with van der Waals surface area (Å²) in [5.74, 6) is 1.36. The maximum atomic E-state index is 14.1. The Labute approximate surface area is 371 Å². The highest BCUT2D eigenvalue weighted by atomic mass is 16.5. The first-order valence-electron chi connectivity index (χ1n) is 21.4. The van der Waals surface area contributed by atoms with Crippen LogP contribution in [0.1, 0.15) is 63.8 Å². The van der Waals surface area contributed by atoms with Crippen LogP contribution in [0.2, 0.25) is 0 Å². The monoisotopic (exact) mass is 882 g/mol. The highest BCUT2D eigenvalue weighted by molar-refractivity contribution is 6.07. The zero-order valence-corrected chi connectivity index (χ0v) is 37.8. The fourth-order valence-corrected chi connectivity index (χ4v) is 8.74. The van der Waals surface area contributed by atoms with E-state index in [0.29, 0.717) is 37.8 Å². The minimum absolute atomic E-state index is 0.00407. The summed E-state index contributed by atoms with van der Waals surface area (Å²) in [5.41, 5.74) is 6.29. The van der Waals surface area contributed by atoms with Crippen molar-refractivity contribution in [3.8, 4) is 28.1 Å². The van der Waals surface area contributed by atoms with Gasteiger partial charge in [0.2, 0.25) is 11.8 Å². The van der Waals surface area contributed by atoms with Crippen molar-refractivity contribution in [1.82, 2.24) is 40.4 Å². The summed E-state index contributed by atoms with van der Waals surface area (Å²) in [7, 11) is 7.09. The molecule has 0 radical (unpaired) electrons. The molecule has 0 saturated carbocycles.